The maximum absolute atomic E-state index is 13.0. The van der Waals surface area contributed by atoms with E-state index in [1.165, 1.54) is 0 Å². The van der Waals surface area contributed by atoms with Crippen molar-refractivity contribution in [3.63, 3.8) is 0 Å². The molecule has 2 aromatic carbocycles. The van der Waals surface area contributed by atoms with E-state index in [4.69, 9.17) is 27.9 Å². The van der Waals surface area contributed by atoms with Crippen LogP contribution in [0, 0.1) is 0 Å². The van der Waals surface area contributed by atoms with Gasteiger partial charge < -0.3 is 9.30 Å². The van der Waals surface area contributed by atoms with Crippen LogP contribution < -0.4 is 0 Å². The molecule has 2 amide bonds. The molecule has 6 nitrogen and oxygen atoms in total. The molecule has 0 N–H and O–H groups in total. The summed E-state index contributed by atoms with van der Waals surface area (Å²) in [4.78, 5) is 39.0. The molecule has 1 fully saturated rings. The molecule has 1 saturated heterocycles. The van der Waals surface area contributed by atoms with Crippen molar-refractivity contribution in [1.82, 2.24) is 9.47 Å². The first kappa shape index (κ1) is 22.5. The van der Waals surface area contributed by atoms with Crippen LogP contribution in [0.1, 0.15) is 18.1 Å². The highest BCUT2D eigenvalue weighted by Gasteiger charge is 2.35. The number of amides is 2. The summed E-state index contributed by atoms with van der Waals surface area (Å²) in [5.74, 6) is -0.742. The minimum atomic E-state index is -0.395. The van der Waals surface area contributed by atoms with Gasteiger partial charge in [0, 0.05) is 32.7 Å². The molecule has 1 aliphatic heterocycles. The zero-order valence-electron chi connectivity index (χ0n) is 17.0. The van der Waals surface area contributed by atoms with Crippen molar-refractivity contribution in [2.45, 2.75) is 20.0 Å². The summed E-state index contributed by atoms with van der Waals surface area (Å²) in [5, 5.41) is 1.36. The molecule has 1 aromatic heterocycles. The average molecular weight is 489 g/mol. The molecule has 164 valence electrons. The zero-order valence-corrected chi connectivity index (χ0v) is 19.3. The lowest BCUT2D eigenvalue weighted by Crippen LogP contribution is -2.27. The van der Waals surface area contributed by atoms with Gasteiger partial charge in [0.05, 0.1) is 18.1 Å². The number of thioether (sulfide) groups is 1. The molecule has 32 heavy (non-hydrogen) atoms. The summed E-state index contributed by atoms with van der Waals surface area (Å²) in [7, 11) is 0. The van der Waals surface area contributed by atoms with Crippen molar-refractivity contribution >= 4 is 69.1 Å². The van der Waals surface area contributed by atoms with Gasteiger partial charge in [0.15, 0.2) is 0 Å². The van der Waals surface area contributed by atoms with Gasteiger partial charge in [0.25, 0.3) is 11.1 Å². The van der Waals surface area contributed by atoms with Crippen LogP contribution in [0.3, 0.4) is 0 Å². The van der Waals surface area contributed by atoms with Crippen molar-refractivity contribution in [3.05, 3.63) is 74.7 Å². The number of imide groups is 1. The molecule has 0 saturated carbocycles. The molecule has 9 heteroatoms. The normalized spacial score (nSPS) is 15.2. The minimum absolute atomic E-state index is 0.0543. The number of benzene rings is 2. The number of nitrogens with zero attached hydrogens (tertiary/aromatic N) is 2. The largest absolute Gasteiger partial charge is 0.465 e. The topological polar surface area (TPSA) is 68.6 Å². The van der Waals surface area contributed by atoms with Crippen molar-refractivity contribution in [3.8, 4) is 0 Å². The van der Waals surface area contributed by atoms with Crippen LogP contribution in [0.15, 0.2) is 53.6 Å². The van der Waals surface area contributed by atoms with Gasteiger partial charge in [-0.15, -0.1) is 0 Å². The van der Waals surface area contributed by atoms with Gasteiger partial charge in [-0.3, -0.25) is 19.3 Å². The van der Waals surface area contributed by atoms with E-state index in [9.17, 15) is 14.4 Å². The second-order valence-electron chi connectivity index (χ2n) is 7.04. The van der Waals surface area contributed by atoms with Gasteiger partial charge in [0.2, 0.25) is 0 Å². The van der Waals surface area contributed by atoms with Crippen molar-refractivity contribution in [2.75, 3.05) is 6.61 Å². The fourth-order valence-corrected chi connectivity index (χ4v) is 4.76. The molecule has 0 bridgehead atoms. The second-order valence-corrected chi connectivity index (χ2v) is 8.87. The molecule has 0 unspecified atom stereocenters. The van der Waals surface area contributed by atoms with Crippen molar-refractivity contribution in [2.24, 2.45) is 0 Å². The van der Waals surface area contributed by atoms with Gasteiger partial charge in [-0.05, 0) is 48.5 Å². The molecule has 0 radical (unpaired) electrons. The Kier molecular flexibility index (Phi) is 6.60. The fraction of sp³-hybridized carbons (Fsp3) is 0.174. The Balaban J connectivity index is 1.63. The van der Waals surface area contributed by atoms with Crippen molar-refractivity contribution in [1.29, 1.82) is 0 Å². The first-order chi connectivity index (χ1) is 15.4. The number of fused-ring (bicyclic) bond motifs is 1. The molecular weight excluding hydrogens is 471 g/mol. The van der Waals surface area contributed by atoms with Crippen LogP contribution in [0.25, 0.3) is 17.0 Å². The number of rotatable bonds is 6. The number of para-hydroxylation sites is 1. The van der Waals surface area contributed by atoms with Crippen molar-refractivity contribution < 1.29 is 19.1 Å². The van der Waals surface area contributed by atoms with Crippen LogP contribution in [0.4, 0.5) is 4.79 Å². The van der Waals surface area contributed by atoms with E-state index in [0.717, 1.165) is 33.1 Å². The lowest BCUT2D eigenvalue weighted by atomic mass is 10.1. The Bertz CT molecular complexity index is 1270. The SMILES string of the molecule is CCOC(=O)Cn1cc(/C=C2\SC(=O)N(Cc3ccc(Cl)cc3Cl)C2=O)c2ccccc21. The minimum Gasteiger partial charge on any atom is -0.465 e. The lowest BCUT2D eigenvalue weighted by molar-refractivity contribution is -0.143. The number of ether oxygens (including phenoxy) is 1. The predicted octanol–water partition coefficient (Wildman–Crippen LogP) is 5.75. The smallest absolute Gasteiger partial charge is 0.325 e. The summed E-state index contributed by atoms with van der Waals surface area (Å²) in [6.07, 6.45) is 3.46. The number of carbonyl (C=O) groups is 3. The van der Waals surface area contributed by atoms with E-state index < -0.39 is 5.91 Å². The highest BCUT2D eigenvalue weighted by Crippen LogP contribution is 2.36. The average Bonchev–Trinajstić information content (AvgIpc) is 3.22. The summed E-state index contributed by atoms with van der Waals surface area (Å²) < 4.78 is 6.83. The Morgan fingerprint density at radius 3 is 2.69 bits per heavy atom. The van der Waals surface area contributed by atoms with Crippen LogP contribution >= 0.6 is 35.0 Å². The molecule has 2 heterocycles. The quantitative estimate of drug-likeness (QED) is 0.326. The fourth-order valence-electron chi connectivity index (χ4n) is 3.46. The van der Waals surface area contributed by atoms with E-state index in [0.29, 0.717) is 27.1 Å². The molecule has 4 rings (SSSR count). The summed E-state index contributed by atoms with van der Waals surface area (Å²) in [6, 6.07) is 12.5. The molecular formula is C23H18Cl2N2O4S. The lowest BCUT2D eigenvalue weighted by Gasteiger charge is -2.13. The molecule has 0 atom stereocenters. The zero-order chi connectivity index (χ0) is 22.8. The van der Waals surface area contributed by atoms with E-state index in [2.05, 4.69) is 0 Å². The van der Waals surface area contributed by atoms with Gasteiger partial charge in [-0.1, -0.05) is 47.5 Å². The third kappa shape index (κ3) is 4.55. The molecule has 0 aliphatic carbocycles. The second kappa shape index (κ2) is 9.40. The summed E-state index contributed by atoms with van der Waals surface area (Å²) >= 11 is 13.0. The highest BCUT2D eigenvalue weighted by atomic mass is 35.5. The summed E-state index contributed by atoms with van der Waals surface area (Å²) in [6.45, 7) is 2.17. The third-order valence-corrected chi connectivity index (χ3v) is 6.42. The highest BCUT2D eigenvalue weighted by molar-refractivity contribution is 8.18. The Labute approximate surface area is 198 Å². The number of halogens is 2. The van der Waals surface area contributed by atoms with Gasteiger partial charge in [0.1, 0.15) is 6.54 Å². The monoisotopic (exact) mass is 488 g/mol. The van der Waals surface area contributed by atoms with Crippen LogP contribution in [-0.2, 0) is 27.4 Å². The first-order valence-electron chi connectivity index (χ1n) is 9.80. The van der Waals surface area contributed by atoms with Crippen LogP contribution in [-0.4, -0.2) is 33.2 Å². The van der Waals surface area contributed by atoms with E-state index in [-0.39, 0.29) is 24.3 Å². The number of esters is 1. The predicted molar refractivity (Wildman–Crippen MR) is 127 cm³/mol. The van der Waals surface area contributed by atoms with E-state index in [1.807, 2.05) is 24.3 Å². The first-order valence-corrected chi connectivity index (χ1v) is 11.4. The Morgan fingerprint density at radius 1 is 1.16 bits per heavy atom. The maximum atomic E-state index is 13.0. The number of aromatic nitrogens is 1. The number of hydrogen-bond acceptors (Lipinski definition) is 5. The Hall–Kier alpha value is -2.74. The summed E-state index contributed by atoms with van der Waals surface area (Å²) in [5.41, 5.74) is 2.20. The van der Waals surface area contributed by atoms with Gasteiger partial charge in [-0.25, -0.2) is 0 Å². The Morgan fingerprint density at radius 2 is 1.94 bits per heavy atom. The molecule has 3 aromatic rings. The van der Waals surface area contributed by atoms with Gasteiger partial charge in [-0.2, -0.15) is 0 Å². The third-order valence-electron chi connectivity index (χ3n) is 4.93. The van der Waals surface area contributed by atoms with E-state index >= 15 is 0 Å². The number of hydrogen-bond donors (Lipinski definition) is 0. The van der Waals surface area contributed by atoms with Gasteiger partial charge >= 0.3 is 5.97 Å². The van der Waals surface area contributed by atoms with E-state index in [1.54, 1.807) is 42.0 Å². The standard InChI is InChI=1S/C23H18Cl2N2O4S/c1-2-31-21(28)13-26-11-15(17-5-3-4-6-19(17)26)9-20-22(29)27(23(30)32-20)12-14-7-8-16(24)10-18(14)25/h3-11H,2,12-13H2,1H3/b20-9-. The molecule has 0 spiro atoms. The molecule has 1 aliphatic rings. The number of carbonyl (C=O) groups excluding carboxylic acids is 3. The maximum Gasteiger partial charge on any atom is 0.325 e. The van der Waals surface area contributed by atoms with Crippen LogP contribution in [0.5, 0.6) is 0 Å². The van der Waals surface area contributed by atoms with Crippen LogP contribution in [0.2, 0.25) is 10.0 Å².